The third-order valence-electron chi connectivity index (χ3n) is 5.47. The fourth-order valence-corrected chi connectivity index (χ4v) is 3.77. The van der Waals surface area contributed by atoms with Gasteiger partial charge < -0.3 is 19.3 Å². The highest BCUT2D eigenvalue weighted by atomic mass is 19.4. The molecule has 3 aromatic rings. The van der Waals surface area contributed by atoms with Gasteiger partial charge in [-0.3, -0.25) is 4.79 Å². The van der Waals surface area contributed by atoms with Crippen molar-refractivity contribution in [1.82, 2.24) is 0 Å². The van der Waals surface area contributed by atoms with Gasteiger partial charge in [-0.15, -0.1) is 0 Å². The topological polar surface area (TPSA) is 82.1 Å². The highest BCUT2D eigenvalue weighted by Crippen LogP contribution is 2.40. The minimum absolute atomic E-state index is 0.0337. The fourth-order valence-electron chi connectivity index (χ4n) is 3.77. The molecule has 0 saturated heterocycles. The average Bonchev–Trinajstić information content (AvgIpc) is 2.90. The molecule has 3 rings (SSSR count). The lowest BCUT2D eigenvalue weighted by Gasteiger charge is -2.19. The number of halogens is 4. The maximum Gasteiger partial charge on any atom is 0.419 e. The molecule has 0 aliphatic heterocycles. The summed E-state index contributed by atoms with van der Waals surface area (Å²) in [4.78, 5) is 24.3. The van der Waals surface area contributed by atoms with Gasteiger partial charge in [-0.05, 0) is 23.3 Å². The number of esters is 1. The third-order valence-corrected chi connectivity index (χ3v) is 5.47. The van der Waals surface area contributed by atoms with Crippen LogP contribution in [0, 0.1) is 5.82 Å². The van der Waals surface area contributed by atoms with E-state index in [1.165, 1.54) is 24.3 Å². The Bertz CT molecular complexity index is 1370. The average molecular weight is 544 g/mol. The standard InChI is InChI=1S/C29H24F4O6/c1-3-14-37-24(34)16-21-20(18-8-6-5-7-9-18)11-13-23(26(21)30)39-17-19-10-12-22(29(31,32)33)27(38-15-4-2)25(19)28(35)36/h3-13H,1-2,14-17H2,(H,35,36). The number of hydrogen-bond donors (Lipinski definition) is 1. The van der Waals surface area contributed by atoms with Crippen LogP contribution in [0.5, 0.6) is 11.5 Å². The first-order valence-corrected chi connectivity index (χ1v) is 11.5. The molecule has 0 saturated carbocycles. The van der Waals surface area contributed by atoms with Crippen LogP contribution in [-0.4, -0.2) is 30.3 Å². The van der Waals surface area contributed by atoms with Gasteiger partial charge in [0, 0.05) is 11.1 Å². The molecule has 1 N–H and O–H groups in total. The highest BCUT2D eigenvalue weighted by Gasteiger charge is 2.37. The molecule has 0 aliphatic carbocycles. The van der Waals surface area contributed by atoms with E-state index in [9.17, 15) is 27.9 Å². The van der Waals surface area contributed by atoms with Crippen LogP contribution in [0.3, 0.4) is 0 Å². The zero-order valence-electron chi connectivity index (χ0n) is 20.6. The van der Waals surface area contributed by atoms with Crippen LogP contribution in [0.1, 0.15) is 27.0 Å². The van der Waals surface area contributed by atoms with Crippen LogP contribution in [-0.2, 0) is 28.7 Å². The van der Waals surface area contributed by atoms with Crippen molar-refractivity contribution in [2.75, 3.05) is 13.2 Å². The number of alkyl halides is 3. The lowest BCUT2D eigenvalue weighted by molar-refractivity contribution is -0.141. The zero-order chi connectivity index (χ0) is 28.6. The van der Waals surface area contributed by atoms with Crippen molar-refractivity contribution in [3.63, 3.8) is 0 Å². The molecule has 0 unspecified atom stereocenters. The van der Waals surface area contributed by atoms with Gasteiger partial charge in [-0.2, -0.15) is 13.2 Å². The van der Waals surface area contributed by atoms with E-state index in [1.807, 2.05) is 0 Å². The normalized spacial score (nSPS) is 11.0. The van der Waals surface area contributed by atoms with Crippen LogP contribution in [0.2, 0.25) is 0 Å². The predicted octanol–water partition coefficient (Wildman–Crippen LogP) is 6.63. The number of benzene rings is 3. The van der Waals surface area contributed by atoms with E-state index >= 15 is 4.39 Å². The Morgan fingerprint density at radius 1 is 0.923 bits per heavy atom. The molecule has 0 bridgehead atoms. The van der Waals surface area contributed by atoms with Gasteiger partial charge in [-0.1, -0.05) is 67.8 Å². The molecule has 0 fully saturated rings. The molecule has 0 heterocycles. The van der Waals surface area contributed by atoms with E-state index in [0.29, 0.717) is 17.2 Å². The number of carbonyl (C=O) groups excluding carboxylic acids is 1. The third kappa shape index (κ3) is 7.04. The monoisotopic (exact) mass is 544 g/mol. The van der Waals surface area contributed by atoms with Crippen LogP contribution >= 0.6 is 0 Å². The molecule has 204 valence electrons. The van der Waals surface area contributed by atoms with E-state index in [1.54, 1.807) is 30.3 Å². The lowest BCUT2D eigenvalue weighted by atomic mass is 9.96. The van der Waals surface area contributed by atoms with Gasteiger partial charge in [0.05, 0.1) is 12.0 Å². The Hall–Kier alpha value is -4.60. The van der Waals surface area contributed by atoms with E-state index in [0.717, 1.165) is 6.07 Å². The predicted molar refractivity (Wildman–Crippen MR) is 135 cm³/mol. The summed E-state index contributed by atoms with van der Waals surface area (Å²) in [6.07, 6.45) is -2.81. The number of carbonyl (C=O) groups is 2. The minimum Gasteiger partial charge on any atom is -0.488 e. The summed E-state index contributed by atoms with van der Waals surface area (Å²) < 4.78 is 71.9. The molecule has 39 heavy (non-hydrogen) atoms. The summed E-state index contributed by atoms with van der Waals surface area (Å²) >= 11 is 0. The van der Waals surface area contributed by atoms with Gasteiger partial charge >= 0.3 is 18.1 Å². The SMILES string of the molecule is C=CCOC(=O)Cc1c(-c2ccccc2)ccc(OCc2ccc(C(F)(F)F)c(OCC=C)c2C(=O)O)c1F. The highest BCUT2D eigenvalue weighted by molar-refractivity contribution is 5.93. The number of carboxylic acids is 1. The lowest BCUT2D eigenvalue weighted by Crippen LogP contribution is -2.16. The maximum absolute atomic E-state index is 15.7. The van der Waals surface area contributed by atoms with Gasteiger partial charge in [0.1, 0.15) is 31.1 Å². The Balaban J connectivity index is 2.02. The van der Waals surface area contributed by atoms with E-state index in [4.69, 9.17) is 14.2 Å². The Labute approximate surface area is 221 Å². The van der Waals surface area contributed by atoms with Crippen molar-refractivity contribution in [2.45, 2.75) is 19.2 Å². The van der Waals surface area contributed by atoms with E-state index in [-0.39, 0.29) is 30.1 Å². The van der Waals surface area contributed by atoms with Crippen molar-refractivity contribution in [3.8, 4) is 22.6 Å². The number of ether oxygens (including phenoxy) is 3. The Morgan fingerprint density at radius 2 is 1.62 bits per heavy atom. The van der Waals surface area contributed by atoms with Crippen LogP contribution in [0.25, 0.3) is 11.1 Å². The molecule has 6 nitrogen and oxygen atoms in total. The zero-order valence-corrected chi connectivity index (χ0v) is 20.6. The first-order valence-electron chi connectivity index (χ1n) is 11.5. The van der Waals surface area contributed by atoms with E-state index < -0.39 is 53.8 Å². The molecule has 0 amide bonds. The summed E-state index contributed by atoms with van der Waals surface area (Å²) in [6, 6.07) is 13.1. The van der Waals surface area contributed by atoms with Crippen LogP contribution in [0.4, 0.5) is 17.6 Å². The van der Waals surface area contributed by atoms with Crippen molar-refractivity contribution < 1.29 is 46.5 Å². The number of hydrogen-bond acceptors (Lipinski definition) is 5. The van der Waals surface area contributed by atoms with Crippen molar-refractivity contribution in [3.05, 3.63) is 108 Å². The molecular formula is C29H24F4O6. The van der Waals surface area contributed by atoms with Crippen molar-refractivity contribution >= 4 is 11.9 Å². The Morgan fingerprint density at radius 3 is 2.23 bits per heavy atom. The van der Waals surface area contributed by atoms with Crippen LogP contribution in [0.15, 0.2) is 79.9 Å². The first-order chi connectivity index (χ1) is 18.6. The van der Waals surface area contributed by atoms with Crippen molar-refractivity contribution in [1.29, 1.82) is 0 Å². The van der Waals surface area contributed by atoms with Gasteiger partial charge in [0.25, 0.3) is 0 Å². The minimum atomic E-state index is -4.89. The first kappa shape index (κ1) is 29.0. The second kappa shape index (κ2) is 12.8. The molecule has 3 aromatic carbocycles. The summed E-state index contributed by atoms with van der Waals surface area (Å²) in [5.41, 5.74) is -1.27. The number of carboxylic acid groups (broad SMARTS) is 1. The molecule has 0 aromatic heterocycles. The Kier molecular flexibility index (Phi) is 9.48. The smallest absolute Gasteiger partial charge is 0.419 e. The summed E-state index contributed by atoms with van der Waals surface area (Å²) in [7, 11) is 0. The summed E-state index contributed by atoms with van der Waals surface area (Å²) in [5, 5.41) is 9.70. The molecule has 0 atom stereocenters. The molecule has 0 radical (unpaired) electrons. The quantitative estimate of drug-likeness (QED) is 0.157. The molecule has 10 heteroatoms. The molecule has 0 spiro atoms. The van der Waals surface area contributed by atoms with Gasteiger partial charge in [-0.25, -0.2) is 9.18 Å². The maximum atomic E-state index is 15.7. The van der Waals surface area contributed by atoms with Crippen molar-refractivity contribution in [2.24, 2.45) is 0 Å². The van der Waals surface area contributed by atoms with Gasteiger partial charge in [0.2, 0.25) is 0 Å². The molecular weight excluding hydrogens is 520 g/mol. The second-order valence-electron chi connectivity index (χ2n) is 8.09. The van der Waals surface area contributed by atoms with E-state index in [2.05, 4.69) is 13.2 Å². The number of aromatic carboxylic acids is 1. The largest absolute Gasteiger partial charge is 0.488 e. The van der Waals surface area contributed by atoms with Crippen LogP contribution < -0.4 is 9.47 Å². The molecule has 0 aliphatic rings. The summed E-state index contributed by atoms with van der Waals surface area (Å²) in [5.74, 6) is -4.56. The number of rotatable bonds is 12. The fraction of sp³-hybridized carbons (Fsp3) is 0.172. The second-order valence-corrected chi connectivity index (χ2v) is 8.09. The van der Waals surface area contributed by atoms with Gasteiger partial charge in [0.15, 0.2) is 11.6 Å². The summed E-state index contributed by atoms with van der Waals surface area (Å²) in [6.45, 7) is 5.77.